The van der Waals surface area contributed by atoms with Crippen molar-refractivity contribution in [1.29, 1.82) is 0 Å². The zero-order chi connectivity index (χ0) is 24.0. The molecule has 35 heavy (non-hydrogen) atoms. The molecular formula is C26H27N5O3S. The number of nitrogens with zero attached hydrogens (tertiary/aromatic N) is 5. The Bertz CT molecular complexity index is 1310. The van der Waals surface area contributed by atoms with Crippen molar-refractivity contribution >= 4 is 17.2 Å². The molecule has 0 aliphatic carbocycles. The number of carbonyl (C=O) groups is 1. The first-order chi connectivity index (χ1) is 17.2. The average molecular weight is 490 g/mol. The van der Waals surface area contributed by atoms with Gasteiger partial charge < -0.3 is 14.0 Å². The van der Waals surface area contributed by atoms with Crippen molar-refractivity contribution in [2.24, 2.45) is 0 Å². The first-order valence-electron chi connectivity index (χ1n) is 11.8. The van der Waals surface area contributed by atoms with Gasteiger partial charge in [-0.05, 0) is 42.1 Å². The maximum absolute atomic E-state index is 13.1. The molecule has 1 aliphatic heterocycles. The molecule has 0 unspecified atom stereocenters. The predicted molar refractivity (Wildman–Crippen MR) is 135 cm³/mol. The van der Waals surface area contributed by atoms with E-state index in [4.69, 9.17) is 4.52 Å². The Balaban J connectivity index is 1.11. The fourth-order valence-electron chi connectivity index (χ4n) is 4.27. The minimum Gasteiger partial charge on any atom is -0.339 e. The van der Waals surface area contributed by atoms with Crippen molar-refractivity contribution in [1.82, 2.24) is 24.5 Å². The topological polar surface area (TPSA) is 84.5 Å². The van der Waals surface area contributed by atoms with E-state index in [-0.39, 0.29) is 17.0 Å². The third-order valence-corrected chi connectivity index (χ3v) is 7.05. The molecule has 0 N–H and O–H groups in total. The van der Waals surface area contributed by atoms with E-state index in [1.165, 1.54) is 0 Å². The summed E-state index contributed by atoms with van der Waals surface area (Å²) in [5.41, 5.74) is 1.01. The van der Waals surface area contributed by atoms with Crippen LogP contribution in [-0.2, 0) is 13.0 Å². The highest BCUT2D eigenvalue weighted by molar-refractivity contribution is 7.13. The largest absolute Gasteiger partial charge is 0.339 e. The normalized spacial score (nSPS) is 14.3. The molecule has 4 heterocycles. The van der Waals surface area contributed by atoms with Gasteiger partial charge in [-0.1, -0.05) is 41.6 Å². The van der Waals surface area contributed by atoms with Gasteiger partial charge in [0, 0.05) is 38.8 Å². The van der Waals surface area contributed by atoms with E-state index in [0.717, 1.165) is 42.9 Å². The van der Waals surface area contributed by atoms with Crippen LogP contribution >= 0.6 is 11.3 Å². The maximum atomic E-state index is 13.1. The second-order valence-electron chi connectivity index (χ2n) is 8.57. The van der Waals surface area contributed by atoms with Gasteiger partial charge in [-0.2, -0.15) is 4.98 Å². The Labute approximate surface area is 207 Å². The minimum atomic E-state index is -0.245. The summed E-state index contributed by atoms with van der Waals surface area (Å²) in [5.74, 6) is 1.10. The van der Waals surface area contributed by atoms with Gasteiger partial charge in [0.25, 0.3) is 11.5 Å². The highest BCUT2D eigenvalue weighted by Crippen LogP contribution is 2.21. The molecule has 5 rings (SSSR count). The van der Waals surface area contributed by atoms with Gasteiger partial charge in [-0.3, -0.25) is 14.5 Å². The van der Waals surface area contributed by atoms with Crippen LogP contribution in [0, 0.1) is 0 Å². The zero-order valence-electron chi connectivity index (χ0n) is 19.4. The number of rotatable bonds is 8. The fourth-order valence-corrected chi connectivity index (χ4v) is 4.91. The number of hydrogen-bond acceptors (Lipinski definition) is 7. The monoisotopic (exact) mass is 489 g/mol. The highest BCUT2D eigenvalue weighted by Gasteiger charge is 2.24. The summed E-state index contributed by atoms with van der Waals surface area (Å²) in [6.07, 6.45) is 3.36. The Morgan fingerprint density at radius 2 is 1.83 bits per heavy atom. The number of piperazine rings is 1. The lowest BCUT2D eigenvalue weighted by Crippen LogP contribution is -2.50. The van der Waals surface area contributed by atoms with Crippen LogP contribution in [0.3, 0.4) is 0 Å². The van der Waals surface area contributed by atoms with E-state index in [1.54, 1.807) is 39.1 Å². The summed E-state index contributed by atoms with van der Waals surface area (Å²) in [6.45, 7) is 4.11. The molecule has 8 nitrogen and oxygen atoms in total. The third kappa shape index (κ3) is 5.58. The molecule has 1 aliphatic rings. The van der Waals surface area contributed by atoms with Gasteiger partial charge in [0.1, 0.15) is 5.56 Å². The van der Waals surface area contributed by atoms with Crippen LogP contribution in [0.5, 0.6) is 0 Å². The van der Waals surface area contributed by atoms with Crippen molar-refractivity contribution in [3.05, 3.63) is 93.5 Å². The Morgan fingerprint density at radius 3 is 2.60 bits per heavy atom. The maximum Gasteiger partial charge on any atom is 0.263 e. The van der Waals surface area contributed by atoms with E-state index >= 15 is 0 Å². The van der Waals surface area contributed by atoms with Crippen molar-refractivity contribution in [3.63, 3.8) is 0 Å². The predicted octanol–water partition coefficient (Wildman–Crippen LogP) is 3.40. The SMILES string of the molecule is O=C(c1cccn(Cc2ccccc2)c1=O)N1CCN(CCCc2nc(-c3cccs3)no2)CC1. The standard InChI is InChI=1S/C26H27N5O3S/c32-25(21-9-4-13-31(26(21)33)19-20-7-2-1-3-8-20)30-16-14-29(15-17-30)12-5-11-23-27-24(28-34-23)22-10-6-18-35-22/h1-4,6-10,13,18H,5,11-12,14-17,19H2. The van der Waals surface area contributed by atoms with Gasteiger partial charge in [-0.15, -0.1) is 11.3 Å². The molecular weight excluding hydrogens is 462 g/mol. The second kappa shape index (κ2) is 10.8. The van der Waals surface area contributed by atoms with Crippen molar-refractivity contribution in [2.75, 3.05) is 32.7 Å². The molecule has 3 aromatic heterocycles. The molecule has 0 spiro atoms. The quantitative estimate of drug-likeness (QED) is 0.377. The van der Waals surface area contributed by atoms with E-state index in [2.05, 4.69) is 15.0 Å². The molecule has 0 saturated carbocycles. The number of hydrogen-bond donors (Lipinski definition) is 0. The van der Waals surface area contributed by atoms with Crippen molar-refractivity contribution in [3.8, 4) is 10.7 Å². The number of aryl methyl sites for hydroxylation is 1. The number of benzene rings is 1. The van der Waals surface area contributed by atoms with E-state index in [0.29, 0.717) is 31.3 Å². The van der Waals surface area contributed by atoms with Gasteiger partial charge in [0.2, 0.25) is 11.7 Å². The number of aromatic nitrogens is 3. The summed E-state index contributed by atoms with van der Waals surface area (Å²) in [5, 5.41) is 6.05. The molecule has 9 heteroatoms. The Hall–Kier alpha value is -3.56. The lowest BCUT2D eigenvalue weighted by atomic mass is 10.2. The van der Waals surface area contributed by atoms with Crippen LogP contribution in [0.25, 0.3) is 10.7 Å². The Morgan fingerprint density at radius 1 is 1.00 bits per heavy atom. The number of carbonyl (C=O) groups excluding carboxylic acids is 1. The van der Waals surface area contributed by atoms with Gasteiger partial charge in [0.05, 0.1) is 11.4 Å². The van der Waals surface area contributed by atoms with E-state index < -0.39 is 0 Å². The minimum absolute atomic E-state index is 0.191. The van der Waals surface area contributed by atoms with Crippen LogP contribution in [0.15, 0.2) is 75.5 Å². The van der Waals surface area contributed by atoms with Crippen LogP contribution in [0.1, 0.15) is 28.2 Å². The molecule has 1 aromatic carbocycles. The molecule has 180 valence electrons. The van der Waals surface area contributed by atoms with Crippen LogP contribution in [0.4, 0.5) is 0 Å². The Kier molecular flexibility index (Phi) is 7.15. The molecule has 1 saturated heterocycles. The summed E-state index contributed by atoms with van der Waals surface area (Å²) < 4.78 is 6.97. The van der Waals surface area contributed by atoms with Crippen LogP contribution in [-0.4, -0.2) is 63.1 Å². The molecule has 1 amide bonds. The summed E-state index contributed by atoms with van der Waals surface area (Å²) >= 11 is 1.59. The summed E-state index contributed by atoms with van der Waals surface area (Å²) in [4.78, 5) is 35.7. The van der Waals surface area contributed by atoms with Crippen molar-refractivity contribution < 1.29 is 9.32 Å². The first-order valence-corrected chi connectivity index (χ1v) is 12.7. The van der Waals surface area contributed by atoms with Crippen molar-refractivity contribution in [2.45, 2.75) is 19.4 Å². The lowest BCUT2D eigenvalue weighted by Gasteiger charge is -2.34. The first kappa shape index (κ1) is 23.2. The number of amides is 1. The van der Waals surface area contributed by atoms with Crippen LogP contribution in [0.2, 0.25) is 0 Å². The number of thiophene rings is 1. The molecule has 4 aromatic rings. The third-order valence-electron chi connectivity index (χ3n) is 6.18. The molecule has 0 radical (unpaired) electrons. The molecule has 0 atom stereocenters. The van der Waals surface area contributed by atoms with E-state index in [9.17, 15) is 9.59 Å². The highest BCUT2D eigenvalue weighted by atomic mass is 32.1. The molecule has 1 fully saturated rings. The summed E-state index contributed by atoms with van der Waals surface area (Å²) in [7, 11) is 0. The van der Waals surface area contributed by atoms with Gasteiger partial charge >= 0.3 is 0 Å². The summed E-state index contributed by atoms with van der Waals surface area (Å²) in [6, 6.07) is 17.1. The second-order valence-corrected chi connectivity index (χ2v) is 9.51. The van der Waals surface area contributed by atoms with Crippen LogP contribution < -0.4 is 5.56 Å². The van der Waals surface area contributed by atoms with E-state index in [1.807, 2.05) is 47.8 Å². The zero-order valence-corrected chi connectivity index (χ0v) is 20.2. The van der Waals surface area contributed by atoms with Gasteiger partial charge in [-0.25, -0.2) is 0 Å². The fraction of sp³-hybridized carbons (Fsp3) is 0.308. The lowest BCUT2D eigenvalue weighted by molar-refractivity contribution is 0.0633. The molecule has 0 bridgehead atoms. The average Bonchev–Trinajstić information content (AvgIpc) is 3.59. The smallest absolute Gasteiger partial charge is 0.263 e. The van der Waals surface area contributed by atoms with Gasteiger partial charge in [0.15, 0.2) is 0 Å². The number of pyridine rings is 1.